The molecule has 114 valence electrons. The Morgan fingerprint density at radius 1 is 1.09 bits per heavy atom. The highest BCUT2D eigenvalue weighted by molar-refractivity contribution is 6.01. The monoisotopic (exact) mass is 310 g/mol. The van der Waals surface area contributed by atoms with E-state index < -0.39 is 16.5 Å². The van der Waals surface area contributed by atoms with Crippen molar-refractivity contribution in [3.63, 3.8) is 0 Å². The molecule has 0 atom stereocenters. The van der Waals surface area contributed by atoms with E-state index >= 15 is 0 Å². The van der Waals surface area contributed by atoms with E-state index in [9.17, 15) is 20.0 Å². The molecular weight excluding hydrogens is 300 g/mol. The van der Waals surface area contributed by atoms with Crippen molar-refractivity contribution in [1.82, 2.24) is 0 Å². The summed E-state index contributed by atoms with van der Waals surface area (Å²) in [5, 5.41) is 21.3. The lowest BCUT2D eigenvalue weighted by atomic mass is 10.1. The van der Waals surface area contributed by atoms with E-state index in [1.54, 1.807) is 24.3 Å². The van der Waals surface area contributed by atoms with Crippen LogP contribution in [0.3, 0.4) is 0 Å². The van der Waals surface area contributed by atoms with E-state index in [1.807, 2.05) is 0 Å². The number of fused-ring (bicyclic) bond motifs is 1. The molecule has 0 saturated heterocycles. The highest BCUT2D eigenvalue weighted by atomic mass is 16.6. The Balaban J connectivity index is 2.04. The molecule has 1 heterocycles. The number of benzene rings is 2. The van der Waals surface area contributed by atoms with Crippen LogP contribution in [0.4, 0.5) is 11.4 Å². The van der Waals surface area contributed by atoms with Crippen molar-refractivity contribution in [3.05, 3.63) is 74.6 Å². The SMILES string of the molecule is O=c1oc(O)c(C=Nc2ccc([N+](=O)[O-])cc2)c2ccccc12. The Hall–Kier alpha value is -3.48. The Bertz CT molecular complexity index is 974. The Kier molecular flexibility index (Phi) is 3.60. The number of hydrogen-bond acceptors (Lipinski definition) is 6. The molecule has 3 rings (SSSR count). The average Bonchev–Trinajstić information content (AvgIpc) is 2.55. The lowest BCUT2D eigenvalue weighted by molar-refractivity contribution is -0.384. The van der Waals surface area contributed by atoms with Gasteiger partial charge in [-0.15, -0.1) is 0 Å². The summed E-state index contributed by atoms with van der Waals surface area (Å²) in [7, 11) is 0. The van der Waals surface area contributed by atoms with Crippen LogP contribution in [0.2, 0.25) is 0 Å². The predicted octanol–water partition coefficient (Wildman–Crippen LogP) is 3.16. The maximum absolute atomic E-state index is 11.7. The molecular formula is C16H10N2O5. The lowest BCUT2D eigenvalue weighted by Crippen LogP contribution is -2.01. The topological polar surface area (TPSA) is 106 Å². The van der Waals surface area contributed by atoms with Gasteiger partial charge in [-0.1, -0.05) is 18.2 Å². The van der Waals surface area contributed by atoms with Gasteiger partial charge < -0.3 is 9.52 Å². The van der Waals surface area contributed by atoms with Crippen LogP contribution in [0.15, 0.2) is 62.7 Å². The van der Waals surface area contributed by atoms with Crippen molar-refractivity contribution in [2.45, 2.75) is 0 Å². The number of aromatic hydroxyl groups is 1. The first-order valence-electron chi connectivity index (χ1n) is 6.59. The van der Waals surface area contributed by atoms with Gasteiger partial charge >= 0.3 is 5.63 Å². The standard InChI is InChI=1S/C16H10N2O5/c19-15-13-4-2-1-3-12(13)14(16(20)23-15)9-17-10-5-7-11(8-6-10)18(21)22/h1-9,20H. The number of hydrogen-bond donors (Lipinski definition) is 1. The molecule has 0 saturated carbocycles. The molecule has 0 fully saturated rings. The van der Waals surface area contributed by atoms with Gasteiger partial charge in [0.15, 0.2) is 0 Å². The molecule has 0 aliphatic carbocycles. The molecule has 0 aliphatic rings. The summed E-state index contributed by atoms with van der Waals surface area (Å²) in [6.45, 7) is 0. The molecule has 0 radical (unpaired) electrons. The van der Waals surface area contributed by atoms with Crippen molar-refractivity contribution in [2.75, 3.05) is 0 Å². The van der Waals surface area contributed by atoms with E-state index in [1.165, 1.54) is 30.5 Å². The van der Waals surface area contributed by atoms with Crippen LogP contribution in [0.1, 0.15) is 5.56 Å². The Morgan fingerprint density at radius 3 is 2.39 bits per heavy atom. The van der Waals surface area contributed by atoms with Crippen LogP contribution in [-0.4, -0.2) is 16.2 Å². The third-order valence-electron chi connectivity index (χ3n) is 3.26. The number of nitro benzene ring substituents is 1. The summed E-state index contributed by atoms with van der Waals surface area (Å²) < 4.78 is 4.78. The molecule has 7 heteroatoms. The van der Waals surface area contributed by atoms with Crippen LogP contribution in [0, 0.1) is 10.1 Å². The molecule has 7 nitrogen and oxygen atoms in total. The second kappa shape index (κ2) is 5.72. The van der Waals surface area contributed by atoms with Gasteiger partial charge in [-0.25, -0.2) is 4.79 Å². The summed E-state index contributed by atoms with van der Waals surface area (Å²) in [5.74, 6) is -0.528. The van der Waals surface area contributed by atoms with Crippen LogP contribution in [0.5, 0.6) is 5.95 Å². The van der Waals surface area contributed by atoms with Crippen molar-refractivity contribution in [1.29, 1.82) is 0 Å². The normalized spacial score (nSPS) is 11.1. The minimum absolute atomic E-state index is 0.0389. The number of aliphatic imine (C=N–C) groups is 1. The molecule has 1 N–H and O–H groups in total. The molecule has 0 unspecified atom stereocenters. The van der Waals surface area contributed by atoms with E-state index in [0.29, 0.717) is 16.5 Å². The number of nitro groups is 1. The zero-order valence-electron chi connectivity index (χ0n) is 11.7. The van der Waals surface area contributed by atoms with Gasteiger partial charge in [0, 0.05) is 23.7 Å². The first-order chi connectivity index (χ1) is 11.1. The second-order valence-corrected chi connectivity index (χ2v) is 4.69. The van der Waals surface area contributed by atoms with Crippen LogP contribution in [0.25, 0.3) is 10.8 Å². The van der Waals surface area contributed by atoms with E-state index in [2.05, 4.69) is 4.99 Å². The molecule has 0 aliphatic heterocycles. The van der Waals surface area contributed by atoms with Crippen LogP contribution < -0.4 is 5.63 Å². The molecule has 0 spiro atoms. The quantitative estimate of drug-likeness (QED) is 0.454. The fourth-order valence-electron chi connectivity index (χ4n) is 2.13. The van der Waals surface area contributed by atoms with E-state index in [0.717, 1.165) is 0 Å². The number of rotatable bonds is 3. The minimum atomic E-state index is -0.634. The summed E-state index contributed by atoms with van der Waals surface area (Å²) in [5.41, 5.74) is 0.0531. The van der Waals surface area contributed by atoms with Gasteiger partial charge in [-0.05, 0) is 18.2 Å². The van der Waals surface area contributed by atoms with Crippen molar-refractivity contribution >= 4 is 28.4 Å². The summed E-state index contributed by atoms with van der Waals surface area (Å²) in [6.07, 6.45) is 1.35. The average molecular weight is 310 g/mol. The zero-order chi connectivity index (χ0) is 16.4. The van der Waals surface area contributed by atoms with E-state index in [4.69, 9.17) is 4.42 Å². The lowest BCUT2D eigenvalue weighted by Gasteiger charge is -2.02. The highest BCUT2D eigenvalue weighted by Gasteiger charge is 2.11. The third kappa shape index (κ3) is 2.80. The first kappa shape index (κ1) is 14.5. The van der Waals surface area contributed by atoms with Gasteiger partial charge in [0.2, 0.25) is 0 Å². The van der Waals surface area contributed by atoms with E-state index in [-0.39, 0.29) is 11.3 Å². The highest BCUT2D eigenvalue weighted by Crippen LogP contribution is 2.24. The maximum atomic E-state index is 11.7. The molecule has 3 aromatic rings. The van der Waals surface area contributed by atoms with Gasteiger partial charge in [-0.2, -0.15) is 0 Å². The molecule has 1 aromatic heterocycles. The minimum Gasteiger partial charge on any atom is -0.480 e. The zero-order valence-corrected chi connectivity index (χ0v) is 11.7. The smallest absolute Gasteiger partial charge is 0.346 e. The van der Waals surface area contributed by atoms with Crippen molar-refractivity contribution in [2.24, 2.45) is 4.99 Å². The fourth-order valence-corrected chi connectivity index (χ4v) is 2.13. The van der Waals surface area contributed by atoms with Gasteiger partial charge in [0.05, 0.1) is 21.6 Å². The Morgan fingerprint density at radius 2 is 1.74 bits per heavy atom. The molecule has 23 heavy (non-hydrogen) atoms. The van der Waals surface area contributed by atoms with Gasteiger partial charge in [0.25, 0.3) is 11.6 Å². The largest absolute Gasteiger partial charge is 0.480 e. The van der Waals surface area contributed by atoms with Gasteiger partial charge in [-0.3, -0.25) is 15.1 Å². The Labute approximate surface area is 129 Å². The van der Waals surface area contributed by atoms with Crippen LogP contribution >= 0.6 is 0 Å². The summed E-state index contributed by atoms with van der Waals surface area (Å²) in [6, 6.07) is 12.3. The molecule has 2 aromatic carbocycles. The third-order valence-corrected chi connectivity index (χ3v) is 3.26. The summed E-state index contributed by atoms with van der Waals surface area (Å²) in [4.78, 5) is 25.9. The number of non-ortho nitro benzene ring substituents is 1. The summed E-state index contributed by atoms with van der Waals surface area (Å²) >= 11 is 0. The maximum Gasteiger partial charge on any atom is 0.346 e. The van der Waals surface area contributed by atoms with Gasteiger partial charge in [0.1, 0.15) is 0 Å². The number of nitrogens with zero attached hydrogens (tertiary/aromatic N) is 2. The first-order valence-corrected chi connectivity index (χ1v) is 6.59. The van der Waals surface area contributed by atoms with Crippen molar-refractivity contribution in [3.8, 4) is 5.95 Å². The predicted molar refractivity (Wildman–Crippen MR) is 84.5 cm³/mol. The fraction of sp³-hybridized carbons (Fsp3) is 0. The van der Waals surface area contributed by atoms with Crippen LogP contribution in [-0.2, 0) is 0 Å². The molecule has 0 bridgehead atoms. The molecule has 0 amide bonds. The second-order valence-electron chi connectivity index (χ2n) is 4.69. The van der Waals surface area contributed by atoms with Crippen molar-refractivity contribution < 1.29 is 14.4 Å².